The molecule has 0 bridgehead atoms. The zero-order chi connectivity index (χ0) is 13.9. The summed E-state index contributed by atoms with van der Waals surface area (Å²) in [6.07, 6.45) is -0.249. The lowest BCUT2D eigenvalue weighted by Gasteiger charge is -2.13. The highest BCUT2D eigenvalue weighted by Crippen LogP contribution is 2.30. The zero-order valence-corrected chi connectivity index (χ0v) is 10.1. The first kappa shape index (κ1) is 14.2. The highest BCUT2D eigenvalue weighted by molar-refractivity contribution is 6.31. The van der Waals surface area contributed by atoms with Crippen LogP contribution in [0.5, 0.6) is 0 Å². The normalized spacial score (nSPS) is 11.9. The van der Waals surface area contributed by atoms with Gasteiger partial charge < -0.3 is 10.4 Å². The first-order valence-electron chi connectivity index (χ1n) is 4.93. The van der Waals surface area contributed by atoms with E-state index in [4.69, 9.17) is 16.7 Å². The first-order chi connectivity index (χ1) is 8.31. The molecule has 0 saturated heterocycles. The molecule has 0 saturated carbocycles. The number of nitrogens with one attached hydrogen (secondary N) is 1. The molecule has 1 rings (SSSR count). The molecule has 8 heteroatoms. The Morgan fingerprint density at radius 3 is 2.78 bits per heavy atom. The fourth-order valence-electron chi connectivity index (χ4n) is 1.38. The van der Waals surface area contributed by atoms with Crippen LogP contribution in [0, 0.1) is 15.9 Å². The molecule has 1 aromatic rings. The molecule has 1 unspecified atom stereocenters. The third-order valence-electron chi connectivity index (χ3n) is 2.12. The quantitative estimate of drug-likeness (QED) is 0.637. The summed E-state index contributed by atoms with van der Waals surface area (Å²) in [7, 11) is 0. The summed E-state index contributed by atoms with van der Waals surface area (Å²) < 4.78 is 13.2. The van der Waals surface area contributed by atoms with Gasteiger partial charge >= 0.3 is 5.97 Å². The molecule has 0 radical (unpaired) electrons. The predicted octanol–water partition coefficient (Wildman–Crippen LogP) is 2.66. The van der Waals surface area contributed by atoms with Crippen molar-refractivity contribution in [2.45, 2.75) is 19.4 Å². The first-order valence-corrected chi connectivity index (χ1v) is 5.30. The summed E-state index contributed by atoms with van der Waals surface area (Å²) in [6.45, 7) is 1.52. The van der Waals surface area contributed by atoms with Gasteiger partial charge in [0.25, 0.3) is 5.69 Å². The number of hydrogen-bond donors (Lipinski definition) is 2. The van der Waals surface area contributed by atoms with Crippen molar-refractivity contribution < 1.29 is 19.2 Å². The van der Waals surface area contributed by atoms with Crippen molar-refractivity contribution in [3.05, 3.63) is 33.1 Å². The number of rotatable bonds is 5. The number of carboxylic acid groups (broad SMARTS) is 1. The number of anilines is 1. The van der Waals surface area contributed by atoms with Gasteiger partial charge in [0.2, 0.25) is 0 Å². The van der Waals surface area contributed by atoms with Crippen molar-refractivity contribution in [1.29, 1.82) is 0 Å². The number of benzene rings is 1. The van der Waals surface area contributed by atoms with E-state index in [2.05, 4.69) is 5.32 Å². The van der Waals surface area contributed by atoms with Crippen LogP contribution in [0.2, 0.25) is 5.02 Å². The van der Waals surface area contributed by atoms with E-state index in [0.717, 1.165) is 12.1 Å². The monoisotopic (exact) mass is 276 g/mol. The van der Waals surface area contributed by atoms with E-state index >= 15 is 0 Å². The number of nitrogens with zero attached hydrogens (tertiary/aromatic N) is 1. The molecule has 1 aromatic carbocycles. The van der Waals surface area contributed by atoms with Crippen molar-refractivity contribution in [2.75, 3.05) is 5.32 Å². The Kier molecular flexibility index (Phi) is 4.43. The number of carbonyl (C=O) groups is 1. The number of nitro benzene ring substituents is 1. The molecule has 0 aliphatic carbocycles. The van der Waals surface area contributed by atoms with Crippen LogP contribution < -0.4 is 5.32 Å². The van der Waals surface area contributed by atoms with Gasteiger partial charge in [-0.2, -0.15) is 0 Å². The average molecular weight is 277 g/mol. The molecule has 0 aromatic heterocycles. The summed E-state index contributed by atoms with van der Waals surface area (Å²) in [5.74, 6) is -1.88. The van der Waals surface area contributed by atoms with Crippen LogP contribution in [0.25, 0.3) is 0 Å². The molecule has 2 N–H and O–H groups in total. The van der Waals surface area contributed by atoms with Crippen molar-refractivity contribution in [3.8, 4) is 0 Å². The van der Waals surface area contributed by atoms with E-state index in [1.807, 2.05) is 0 Å². The van der Waals surface area contributed by atoms with E-state index in [9.17, 15) is 19.3 Å². The van der Waals surface area contributed by atoms with Gasteiger partial charge in [-0.05, 0) is 6.92 Å². The third kappa shape index (κ3) is 3.56. The maximum Gasteiger partial charge on any atom is 0.305 e. The third-order valence-corrected chi connectivity index (χ3v) is 2.41. The molecule has 1 atom stereocenters. The van der Waals surface area contributed by atoms with Crippen LogP contribution in [-0.4, -0.2) is 22.0 Å². The largest absolute Gasteiger partial charge is 0.481 e. The van der Waals surface area contributed by atoms with E-state index in [-0.39, 0.29) is 17.1 Å². The fraction of sp³-hybridized carbons (Fsp3) is 0.300. The summed E-state index contributed by atoms with van der Waals surface area (Å²) in [6, 6.07) is 1.17. The van der Waals surface area contributed by atoms with Gasteiger partial charge in [-0.25, -0.2) is 4.39 Å². The second-order valence-electron chi connectivity index (χ2n) is 3.68. The van der Waals surface area contributed by atoms with Gasteiger partial charge in [0.1, 0.15) is 11.5 Å². The molecule has 98 valence electrons. The van der Waals surface area contributed by atoms with E-state index < -0.39 is 28.4 Å². The zero-order valence-electron chi connectivity index (χ0n) is 9.31. The molecule has 0 heterocycles. The van der Waals surface area contributed by atoms with Gasteiger partial charge in [-0.15, -0.1) is 0 Å². The minimum Gasteiger partial charge on any atom is -0.481 e. The van der Waals surface area contributed by atoms with Gasteiger partial charge in [0.05, 0.1) is 16.4 Å². The molecule has 0 spiro atoms. The van der Waals surface area contributed by atoms with Crippen LogP contribution in [0.1, 0.15) is 13.3 Å². The minimum absolute atomic E-state index is 0.101. The molecule has 6 nitrogen and oxygen atoms in total. The number of halogens is 2. The Morgan fingerprint density at radius 2 is 2.28 bits per heavy atom. The lowest BCUT2D eigenvalue weighted by Crippen LogP contribution is -2.20. The van der Waals surface area contributed by atoms with Crippen molar-refractivity contribution in [3.63, 3.8) is 0 Å². The molecule has 0 aliphatic rings. The standard InChI is InChI=1S/C10H10ClFN2O4/c1-5(2-10(15)16)13-8-4-7(12)6(11)3-9(8)14(17)18/h3-5,13H,2H2,1H3,(H,15,16). The van der Waals surface area contributed by atoms with Crippen molar-refractivity contribution in [2.24, 2.45) is 0 Å². The lowest BCUT2D eigenvalue weighted by molar-refractivity contribution is -0.384. The summed E-state index contributed by atoms with van der Waals surface area (Å²) >= 11 is 5.45. The van der Waals surface area contributed by atoms with E-state index in [0.29, 0.717) is 0 Å². The molecular weight excluding hydrogens is 267 g/mol. The Morgan fingerprint density at radius 1 is 1.67 bits per heavy atom. The number of carboxylic acids is 1. The highest BCUT2D eigenvalue weighted by atomic mass is 35.5. The Labute approximate surface area is 107 Å². The molecule has 18 heavy (non-hydrogen) atoms. The van der Waals surface area contributed by atoms with Crippen molar-refractivity contribution >= 4 is 28.9 Å². The maximum atomic E-state index is 13.2. The predicted molar refractivity (Wildman–Crippen MR) is 63.4 cm³/mol. The van der Waals surface area contributed by atoms with Gasteiger partial charge in [-0.1, -0.05) is 11.6 Å². The number of hydrogen-bond acceptors (Lipinski definition) is 4. The van der Waals surface area contributed by atoms with Crippen molar-refractivity contribution in [1.82, 2.24) is 0 Å². The SMILES string of the molecule is CC(CC(=O)O)Nc1cc(F)c(Cl)cc1[N+](=O)[O-]. The van der Waals surface area contributed by atoms with Gasteiger partial charge in [-0.3, -0.25) is 14.9 Å². The minimum atomic E-state index is -1.06. The van der Waals surface area contributed by atoms with Gasteiger partial charge in [0, 0.05) is 18.2 Å². The van der Waals surface area contributed by atoms with Crippen LogP contribution in [0.4, 0.5) is 15.8 Å². The van der Waals surface area contributed by atoms with E-state index in [1.165, 1.54) is 6.92 Å². The lowest BCUT2D eigenvalue weighted by atomic mass is 10.2. The Bertz CT molecular complexity index is 495. The van der Waals surface area contributed by atoms with Crippen LogP contribution >= 0.6 is 11.6 Å². The maximum absolute atomic E-state index is 13.2. The topological polar surface area (TPSA) is 92.5 Å². The fourth-order valence-corrected chi connectivity index (χ4v) is 1.54. The molecule has 0 fully saturated rings. The smallest absolute Gasteiger partial charge is 0.305 e. The second kappa shape index (κ2) is 5.63. The summed E-state index contributed by atoms with van der Waals surface area (Å²) in [5.41, 5.74) is -0.505. The summed E-state index contributed by atoms with van der Waals surface area (Å²) in [4.78, 5) is 20.5. The highest BCUT2D eigenvalue weighted by Gasteiger charge is 2.19. The number of nitro groups is 1. The Balaban J connectivity index is 3.03. The molecule has 0 aliphatic heterocycles. The van der Waals surface area contributed by atoms with Crippen LogP contribution in [-0.2, 0) is 4.79 Å². The molecular formula is C10H10ClFN2O4. The van der Waals surface area contributed by atoms with Crippen LogP contribution in [0.3, 0.4) is 0 Å². The second-order valence-corrected chi connectivity index (χ2v) is 4.09. The Hall–Kier alpha value is -1.89. The molecule has 0 amide bonds. The van der Waals surface area contributed by atoms with Crippen LogP contribution in [0.15, 0.2) is 12.1 Å². The number of aliphatic carboxylic acids is 1. The average Bonchev–Trinajstić information content (AvgIpc) is 2.21. The van der Waals surface area contributed by atoms with E-state index in [1.54, 1.807) is 0 Å². The summed E-state index contributed by atoms with van der Waals surface area (Å²) in [5, 5.41) is 21.5. The van der Waals surface area contributed by atoms with Gasteiger partial charge in [0.15, 0.2) is 0 Å².